The molecule has 3 atom stereocenters. The minimum atomic E-state index is 0.352. The zero-order valence-corrected chi connectivity index (χ0v) is 16.1. The number of methoxy groups -OCH3 is 1. The summed E-state index contributed by atoms with van der Waals surface area (Å²) in [5, 5.41) is 10.1. The maximum atomic E-state index is 9.38. The molecule has 4 heteroatoms. The zero-order chi connectivity index (χ0) is 17.9. The second kappa shape index (κ2) is 7.93. The number of benzene rings is 2. The van der Waals surface area contributed by atoms with E-state index in [-0.39, 0.29) is 0 Å². The molecule has 1 aliphatic carbocycles. The van der Waals surface area contributed by atoms with Gasteiger partial charge in [-0.25, -0.2) is 0 Å². The topological polar surface area (TPSA) is 32.7 Å². The molecule has 1 aliphatic heterocycles. The number of aromatic hydroxyl groups is 1. The van der Waals surface area contributed by atoms with Crippen LogP contribution in [0.5, 0.6) is 11.5 Å². The highest BCUT2D eigenvalue weighted by molar-refractivity contribution is 8.00. The summed E-state index contributed by atoms with van der Waals surface area (Å²) >= 11 is 2.04. The lowest BCUT2D eigenvalue weighted by molar-refractivity contribution is 0.316. The summed E-state index contributed by atoms with van der Waals surface area (Å²) in [6.45, 7) is 3.64. The van der Waals surface area contributed by atoms with E-state index in [1.54, 1.807) is 19.2 Å². The van der Waals surface area contributed by atoms with Crippen LogP contribution >= 0.6 is 11.8 Å². The van der Waals surface area contributed by atoms with Gasteiger partial charge < -0.3 is 14.7 Å². The van der Waals surface area contributed by atoms with Crippen molar-refractivity contribution in [3.05, 3.63) is 54.1 Å². The number of nitrogens with zero attached hydrogens (tertiary/aromatic N) is 1. The molecule has 0 amide bonds. The Labute approximate surface area is 160 Å². The number of thioether (sulfide) groups is 1. The van der Waals surface area contributed by atoms with Gasteiger partial charge in [-0.1, -0.05) is 12.1 Å². The molecule has 3 nitrogen and oxygen atoms in total. The maximum Gasteiger partial charge on any atom is 0.118 e. The Balaban J connectivity index is 1.24. The highest BCUT2D eigenvalue weighted by Crippen LogP contribution is 2.45. The van der Waals surface area contributed by atoms with Crippen molar-refractivity contribution in [1.29, 1.82) is 0 Å². The van der Waals surface area contributed by atoms with E-state index in [4.69, 9.17) is 4.74 Å². The molecule has 2 aromatic rings. The Hall–Kier alpha value is -1.65. The van der Waals surface area contributed by atoms with Crippen LogP contribution in [0.15, 0.2) is 53.4 Å². The maximum absolute atomic E-state index is 9.38. The normalized spacial score (nSPS) is 25.3. The quantitative estimate of drug-likeness (QED) is 0.816. The van der Waals surface area contributed by atoms with Crippen molar-refractivity contribution in [2.75, 3.05) is 26.7 Å². The van der Waals surface area contributed by atoms with E-state index in [2.05, 4.69) is 29.2 Å². The van der Waals surface area contributed by atoms with Gasteiger partial charge >= 0.3 is 0 Å². The first-order chi connectivity index (χ1) is 12.7. The molecule has 0 spiro atoms. The fraction of sp³-hybridized carbons (Fsp3) is 0.455. The molecule has 0 bridgehead atoms. The lowest BCUT2D eigenvalue weighted by Gasteiger charge is -2.19. The van der Waals surface area contributed by atoms with Gasteiger partial charge in [0, 0.05) is 29.8 Å². The first-order valence-corrected chi connectivity index (χ1v) is 10.4. The number of hydrogen-bond donors (Lipinski definition) is 1. The van der Waals surface area contributed by atoms with Gasteiger partial charge in [0.2, 0.25) is 0 Å². The van der Waals surface area contributed by atoms with Crippen LogP contribution in [0.1, 0.15) is 18.4 Å². The molecule has 1 unspecified atom stereocenters. The summed E-state index contributed by atoms with van der Waals surface area (Å²) in [6.07, 6.45) is 3.76. The van der Waals surface area contributed by atoms with Gasteiger partial charge in [0.05, 0.1) is 7.11 Å². The molecule has 0 aromatic heterocycles. The van der Waals surface area contributed by atoms with Crippen LogP contribution in [-0.4, -0.2) is 42.0 Å². The second-order valence-corrected chi connectivity index (χ2v) is 8.96. The first kappa shape index (κ1) is 17.7. The molecule has 138 valence electrons. The lowest BCUT2D eigenvalue weighted by Crippen LogP contribution is -2.25. The third-order valence-corrected chi connectivity index (χ3v) is 7.06. The van der Waals surface area contributed by atoms with E-state index in [0.717, 1.165) is 35.8 Å². The average molecular weight is 370 g/mol. The van der Waals surface area contributed by atoms with Gasteiger partial charge in [-0.3, -0.25) is 0 Å². The van der Waals surface area contributed by atoms with Crippen LogP contribution in [0.25, 0.3) is 0 Å². The van der Waals surface area contributed by atoms with Gasteiger partial charge in [-0.2, -0.15) is 0 Å². The van der Waals surface area contributed by atoms with Crippen LogP contribution in [0, 0.1) is 11.8 Å². The zero-order valence-electron chi connectivity index (χ0n) is 15.3. The molecule has 2 aromatic carbocycles. The van der Waals surface area contributed by atoms with E-state index in [0.29, 0.717) is 5.75 Å². The molecular weight excluding hydrogens is 342 g/mol. The molecule has 1 saturated heterocycles. The lowest BCUT2D eigenvalue weighted by atomic mass is 10.0. The SMILES string of the molecule is COc1ccc(SC2C[C@@H]3CN(CCc4ccc(O)cc4)C[C@@H]3C2)cc1. The average Bonchev–Trinajstić information content (AvgIpc) is 3.20. The number of rotatable bonds is 6. The first-order valence-electron chi connectivity index (χ1n) is 9.50. The highest BCUT2D eigenvalue weighted by atomic mass is 32.2. The smallest absolute Gasteiger partial charge is 0.118 e. The van der Waals surface area contributed by atoms with E-state index in [1.165, 1.54) is 36.4 Å². The minimum absolute atomic E-state index is 0.352. The van der Waals surface area contributed by atoms with E-state index < -0.39 is 0 Å². The summed E-state index contributed by atoms with van der Waals surface area (Å²) in [5.41, 5.74) is 1.31. The number of fused-ring (bicyclic) bond motifs is 1. The molecule has 1 saturated carbocycles. The Kier molecular flexibility index (Phi) is 5.41. The van der Waals surface area contributed by atoms with Gasteiger partial charge in [0.25, 0.3) is 0 Å². The Morgan fingerprint density at radius 2 is 1.65 bits per heavy atom. The monoisotopic (exact) mass is 369 g/mol. The van der Waals surface area contributed by atoms with Gasteiger partial charge in [0.1, 0.15) is 11.5 Å². The van der Waals surface area contributed by atoms with Gasteiger partial charge in [0.15, 0.2) is 0 Å². The van der Waals surface area contributed by atoms with Crippen molar-refractivity contribution < 1.29 is 9.84 Å². The number of likely N-dealkylation sites (tertiary alicyclic amines) is 1. The van der Waals surface area contributed by atoms with Crippen LogP contribution in [0.2, 0.25) is 0 Å². The number of phenolic OH excluding ortho intramolecular Hbond substituents is 1. The molecular formula is C22H27NO2S. The highest BCUT2D eigenvalue weighted by Gasteiger charge is 2.40. The molecule has 1 heterocycles. The summed E-state index contributed by atoms with van der Waals surface area (Å²) in [4.78, 5) is 4.00. The largest absolute Gasteiger partial charge is 0.508 e. The fourth-order valence-corrected chi connectivity index (χ4v) is 5.78. The standard InChI is InChI=1S/C22H27NO2S/c1-25-20-6-8-21(9-7-20)26-22-12-17-14-23(15-18(17)13-22)11-10-16-2-4-19(24)5-3-16/h2-9,17-18,22,24H,10-15H2,1H3/t17-,18+,22?. The minimum Gasteiger partial charge on any atom is -0.508 e. The van der Waals surface area contributed by atoms with E-state index >= 15 is 0 Å². The summed E-state index contributed by atoms with van der Waals surface area (Å²) < 4.78 is 5.25. The molecule has 2 fully saturated rings. The fourth-order valence-electron chi connectivity index (χ4n) is 4.42. The Morgan fingerprint density at radius 1 is 1.00 bits per heavy atom. The van der Waals surface area contributed by atoms with Crippen molar-refractivity contribution in [2.24, 2.45) is 11.8 Å². The molecule has 26 heavy (non-hydrogen) atoms. The van der Waals surface area contributed by atoms with Crippen molar-refractivity contribution >= 4 is 11.8 Å². The van der Waals surface area contributed by atoms with Crippen LogP contribution in [-0.2, 0) is 6.42 Å². The van der Waals surface area contributed by atoms with Crippen molar-refractivity contribution in [1.82, 2.24) is 4.90 Å². The second-order valence-electron chi connectivity index (χ2n) is 7.58. The van der Waals surface area contributed by atoms with E-state index in [1.807, 2.05) is 23.9 Å². The van der Waals surface area contributed by atoms with Crippen LogP contribution < -0.4 is 4.74 Å². The number of ether oxygens (including phenoxy) is 1. The van der Waals surface area contributed by atoms with Crippen LogP contribution in [0.3, 0.4) is 0 Å². The van der Waals surface area contributed by atoms with Crippen molar-refractivity contribution in [3.63, 3.8) is 0 Å². The Morgan fingerprint density at radius 3 is 2.27 bits per heavy atom. The van der Waals surface area contributed by atoms with Gasteiger partial charge in [-0.05, 0) is 73.1 Å². The third kappa shape index (κ3) is 4.18. The third-order valence-electron chi connectivity index (χ3n) is 5.80. The number of hydrogen-bond acceptors (Lipinski definition) is 4. The summed E-state index contributed by atoms with van der Waals surface area (Å²) in [7, 11) is 1.72. The summed E-state index contributed by atoms with van der Waals surface area (Å²) in [6, 6.07) is 16.1. The Bertz CT molecular complexity index is 702. The van der Waals surface area contributed by atoms with Crippen molar-refractivity contribution in [3.8, 4) is 11.5 Å². The predicted octanol–water partition coefficient (Wildman–Crippen LogP) is 4.45. The van der Waals surface area contributed by atoms with Gasteiger partial charge in [-0.15, -0.1) is 11.8 Å². The molecule has 0 radical (unpaired) electrons. The molecule has 2 aliphatic rings. The van der Waals surface area contributed by atoms with E-state index in [9.17, 15) is 5.11 Å². The molecule has 1 N–H and O–H groups in total. The summed E-state index contributed by atoms with van der Waals surface area (Å²) in [5.74, 6) is 3.02. The predicted molar refractivity (Wildman–Crippen MR) is 107 cm³/mol. The molecule has 4 rings (SSSR count). The number of phenols is 1. The van der Waals surface area contributed by atoms with Crippen LogP contribution in [0.4, 0.5) is 0 Å². The van der Waals surface area contributed by atoms with Crippen molar-refractivity contribution in [2.45, 2.75) is 29.4 Å².